The maximum Gasteiger partial charge on any atom is 0.408 e. The highest BCUT2D eigenvalue weighted by molar-refractivity contribution is 7.80. The van der Waals surface area contributed by atoms with Gasteiger partial charge in [0.2, 0.25) is 5.91 Å². The predicted octanol–water partition coefficient (Wildman–Crippen LogP) is 5.35. The maximum atomic E-state index is 13.9. The summed E-state index contributed by atoms with van der Waals surface area (Å²) in [6, 6.07) is 11.1. The molecule has 2 aromatic rings. The van der Waals surface area contributed by atoms with Gasteiger partial charge in [-0.15, -0.1) is 0 Å². The van der Waals surface area contributed by atoms with Gasteiger partial charge in [-0.05, 0) is 78.1 Å². The normalized spacial score (nSPS) is 13.1. The van der Waals surface area contributed by atoms with Crippen LogP contribution in [0.5, 0.6) is 0 Å². The van der Waals surface area contributed by atoms with Crippen LogP contribution in [-0.2, 0) is 14.3 Å². The largest absolute Gasteiger partial charge is 0.444 e. The molecule has 0 spiro atoms. The second-order valence-corrected chi connectivity index (χ2v) is 10.7. The first-order valence-corrected chi connectivity index (χ1v) is 12.7. The summed E-state index contributed by atoms with van der Waals surface area (Å²) in [5.74, 6) is -0.716. The Kier molecular flexibility index (Phi) is 9.99. The van der Waals surface area contributed by atoms with Gasteiger partial charge in [0, 0.05) is 17.5 Å². The van der Waals surface area contributed by atoms with Crippen LogP contribution in [0.4, 0.5) is 10.5 Å². The number of para-hydroxylation sites is 1. The number of aryl methyl sites for hydroxylation is 3. The van der Waals surface area contributed by atoms with E-state index in [9.17, 15) is 14.4 Å². The Balaban J connectivity index is 2.53. The molecule has 0 aliphatic heterocycles. The molecule has 2 aromatic carbocycles. The molecule has 0 saturated heterocycles. The molecule has 0 aliphatic carbocycles. The molecule has 2 rings (SSSR count). The van der Waals surface area contributed by atoms with Crippen molar-refractivity contribution in [1.82, 2.24) is 10.2 Å². The molecule has 0 bridgehead atoms. The zero-order chi connectivity index (χ0) is 27.2. The Bertz CT molecular complexity index is 1090. The van der Waals surface area contributed by atoms with Gasteiger partial charge >= 0.3 is 6.09 Å². The van der Waals surface area contributed by atoms with E-state index in [1.165, 1.54) is 4.90 Å². The van der Waals surface area contributed by atoms with Crippen molar-refractivity contribution in [1.29, 1.82) is 0 Å². The third kappa shape index (κ3) is 7.75. The minimum absolute atomic E-state index is 0.0419. The lowest BCUT2D eigenvalue weighted by Gasteiger charge is -2.37. The molecule has 0 heterocycles. The van der Waals surface area contributed by atoms with E-state index in [1.807, 2.05) is 77.1 Å². The van der Waals surface area contributed by atoms with Crippen LogP contribution in [0.1, 0.15) is 62.9 Å². The average molecular weight is 514 g/mol. The molecular formula is C28H39N3O4S. The summed E-state index contributed by atoms with van der Waals surface area (Å²) in [5, 5.41) is 5.64. The first-order valence-electron chi connectivity index (χ1n) is 12.1. The van der Waals surface area contributed by atoms with Gasteiger partial charge in [-0.25, -0.2) is 4.79 Å². The van der Waals surface area contributed by atoms with Crippen LogP contribution in [0.2, 0.25) is 0 Å². The van der Waals surface area contributed by atoms with Crippen molar-refractivity contribution in [3.8, 4) is 0 Å². The van der Waals surface area contributed by atoms with Gasteiger partial charge in [0.05, 0.1) is 0 Å². The van der Waals surface area contributed by atoms with Crippen molar-refractivity contribution in [3.05, 3.63) is 64.7 Å². The van der Waals surface area contributed by atoms with Crippen LogP contribution >= 0.6 is 12.6 Å². The molecule has 36 heavy (non-hydrogen) atoms. The zero-order valence-corrected chi connectivity index (χ0v) is 23.4. The predicted molar refractivity (Wildman–Crippen MR) is 147 cm³/mol. The monoisotopic (exact) mass is 513 g/mol. The Morgan fingerprint density at radius 1 is 1.00 bits per heavy atom. The van der Waals surface area contributed by atoms with Crippen molar-refractivity contribution in [2.45, 2.75) is 79.1 Å². The number of hydrogen-bond acceptors (Lipinski definition) is 5. The van der Waals surface area contributed by atoms with Crippen molar-refractivity contribution >= 4 is 36.2 Å². The number of hydrogen-bond donors (Lipinski definition) is 3. The fourth-order valence-corrected chi connectivity index (χ4v) is 4.13. The number of benzene rings is 2. The van der Waals surface area contributed by atoms with Crippen molar-refractivity contribution < 1.29 is 19.1 Å². The minimum Gasteiger partial charge on any atom is -0.444 e. The molecule has 0 radical (unpaired) electrons. The van der Waals surface area contributed by atoms with E-state index < -0.39 is 29.7 Å². The van der Waals surface area contributed by atoms with Gasteiger partial charge in [-0.1, -0.05) is 42.0 Å². The molecule has 0 fully saturated rings. The lowest BCUT2D eigenvalue weighted by atomic mass is 9.95. The highest BCUT2D eigenvalue weighted by atomic mass is 32.1. The smallest absolute Gasteiger partial charge is 0.408 e. The number of anilines is 1. The molecule has 2 unspecified atom stereocenters. The van der Waals surface area contributed by atoms with E-state index >= 15 is 0 Å². The number of nitrogens with one attached hydrogen (secondary N) is 2. The second kappa shape index (κ2) is 12.3. The maximum absolute atomic E-state index is 13.9. The summed E-state index contributed by atoms with van der Waals surface area (Å²) < 4.78 is 5.35. The topological polar surface area (TPSA) is 87.7 Å². The highest BCUT2D eigenvalue weighted by Gasteiger charge is 2.38. The van der Waals surface area contributed by atoms with Gasteiger partial charge in [0.1, 0.15) is 17.7 Å². The Morgan fingerprint density at radius 3 is 2.19 bits per heavy atom. The summed E-state index contributed by atoms with van der Waals surface area (Å²) >= 11 is 4.32. The summed E-state index contributed by atoms with van der Waals surface area (Å²) in [5.41, 5.74) is 3.43. The summed E-state index contributed by atoms with van der Waals surface area (Å²) in [6.07, 6.45) is -0.716. The fraction of sp³-hybridized carbons (Fsp3) is 0.464. The number of carbonyl (C=O) groups excluding carboxylic acids is 3. The molecule has 196 valence electrons. The van der Waals surface area contributed by atoms with E-state index in [4.69, 9.17) is 4.74 Å². The van der Waals surface area contributed by atoms with Crippen LogP contribution in [0.15, 0.2) is 42.5 Å². The number of nitrogens with zero attached hydrogens (tertiary/aromatic N) is 1. The first kappa shape index (κ1) is 29.2. The van der Waals surface area contributed by atoms with E-state index in [2.05, 4.69) is 23.3 Å². The SMILES string of the molecule is Cc1ccc(C)c(C(C(=O)Nc2ccccc2C)N(C(=O)C(CS)NC(=O)OC(C)(C)C)C(C)C)c1. The van der Waals surface area contributed by atoms with Gasteiger partial charge < -0.3 is 20.3 Å². The van der Waals surface area contributed by atoms with Crippen LogP contribution < -0.4 is 10.6 Å². The summed E-state index contributed by atoms with van der Waals surface area (Å²) in [6.45, 7) is 14.7. The Hall–Kier alpha value is -3.00. The summed E-state index contributed by atoms with van der Waals surface area (Å²) in [4.78, 5) is 41.7. The van der Waals surface area contributed by atoms with E-state index in [1.54, 1.807) is 20.8 Å². The molecule has 8 heteroatoms. The molecule has 3 amide bonds. The molecule has 2 atom stereocenters. The number of ether oxygens (including phenoxy) is 1. The van der Waals surface area contributed by atoms with Crippen LogP contribution in [0.25, 0.3) is 0 Å². The average Bonchev–Trinajstić information content (AvgIpc) is 2.77. The van der Waals surface area contributed by atoms with E-state index in [0.29, 0.717) is 5.69 Å². The lowest BCUT2D eigenvalue weighted by molar-refractivity contribution is -0.142. The number of amides is 3. The standard InChI is InChI=1S/C28H39N3O4S/c1-17(2)31(26(33)23(16-36)30-27(34)35-28(6,7)8)24(21-15-18(3)13-14-19(21)4)25(32)29-22-12-10-9-11-20(22)5/h9-15,17,23-24,36H,16H2,1-8H3,(H,29,32)(H,30,34). The number of thiol groups is 1. The van der Waals surface area contributed by atoms with Crippen LogP contribution in [-0.4, -0.2) is 46.2 Å². The molecule has 0 aliphatic rings. The van der Waals surface area contributed by atoms with Crippen molar-refractivity contribution in [2.24, 2.45) is 0 Å². The molecule has 7 nitrogen and oxygen atoms in total. The van der Waals surface area contributed by atoms with Crippen LogP contribution in [0.3, 0.4) is 0 Å². The number of alkyl carbamates (subject to hydrolysis) is 1. The van der Waals surface area contributed by atoms with E-state index in [0.717, 1.165) is 22.3 Å². The number of carbonyl (C=O) groups is 3. The van der Waals surface area contributed by atoms with Crippen molar-refractivity contribution in [3.63, 3.8) is 0 Å². The Labute approximate surface area is 220 Å². The van der Waals surface area contributed by atoms with Gasteiger partial charge in [0.15, 0.2) is 0 Å². The lowest BCUT2D eigenvalue weighted by Crippen LogP contribution is -2.55. The molecule has 0 aromatic heterocycles. The second-order valence-electron chi connectivity index (χ2n) is 10.3. The Morgan fingerprint density at radius 2 is 1.64 bits per heavy atom. The summed E-state index contributed by atoms with van der Waals surface area (Å²) in [7, 11) is 0. The van der Waals surface area contributed by atoms with Crippen molar-refractivity contribution in [2.75, 3.05) is 11.1 Å². The van der Waals surface area contributed by atoms with E-state index in [-0.39, 0.29) is 17.7 Å². The first-order chi connectivity index (χ1) is 16.7. The fourth-order valence-electron chi connectivity index (χ4n) is 3.88. The van der Waals surface area contributed by atoms with Gasteiger partial charge in [-0.2, -0.15) is 12.6 Å². The van der Waals surface area contributed by atoms with Gasteiger partial charge in [-0.3, -0.25) is 9.59 Å². The minimum atomic E-state index is -0.982. The molecule has 2 N–H and O–H groups in total. The zero-order valence-electron chi connectivity index (χ0n) is 22.5. The number of rotatable bonds is 8. The third-order valence-electron chi connectivity index (χ3n) is 5.64. The van der Waals surface area contributed by atoms with Gasteiger partial charge in [0.25, 0.3) is 5.91 Å². The molecule has 0 saturated carbocycles. The quantitative estimate of drug-likeness (QED) is 0.415. The van der Waals surface area contributed by atoms with Crippen LogP contribution in [0, 0.1) is 20.8 Å². The highest BCUT2D eigenvalue weighted by Crippen LogP contribution is 2.30. The third-order valence-corrected chi connectivity index (χ3v) is 6.01. The molecular weight excluding hydrogens is 474 g/mol.